The molecule has 6 nitrogen and oxygen atoms in total. The standard InChI is InChI=1S/C22H32N4O2/c27-21(17-6-2-1-3-7-17)24-19-10-11-20(23-16-19)25-12-14-26(15-13-25)22(28)18-8-4-5-9-18/h10-11,16-18H,1-9,12-15H2,(H,24,27). The molecule has 1 aromatic rings. The number of anilines is 2. The van der Waals surface area contributed by atoms with Crippen molar-refractivity contribution in [1.82, 2.24) is 9.88 Å². The van der Waals surface area contributed by atoms with Crippen LogP contribution >= 0.6 is 0 Å². The molecule has 0 bridgehead atoms. The zero-order chi connectivity index (χ0) is 19.3. The molecule has 4 rings (SSSR count). The fraction of sp³-hybridized carbons (Fsp3) is 0.682. The van der Waals surface area contributed by atoms with Crippen LogP contribution in [0.5, 0.6) is 0 Å². The van der Waals surface area contributed by atoms with E-state index in [2.05, 4.69) is 15.2 Å². The van der Waals surface area contributed by atoms with Gasteiger partial charge in [-0.05, 0) is 37.8 Å². The average molecular weight is 385 g/mol. The van der Waals surface area contributed by atoms with Crippen molar-refractivity contribution < 1.29 is 9.59 Å². The lowest BCUT2D eigenvalue weighted by Crippen LogP contribution is -2.50. The summed E-state index contributed by atoms with van der Waals surface area (Å²) < 4.78 is 0. The highest BCUT2D eigenvalue weighted by Crippen LogP contribution is 2.28. The first kappa shape index (κ1) is 19.2. The van der Waals surface area contributed by atoms with E-state index in [1.165, 1.54) is 19.3 Å². The van der Waals surface area contributed by atoms with Crippen molar-refractivity contribution in [1.29, 1.82) is 0 Å². The first-order valence-electron chi connectivity index (χ1n) is 11.0. The molecule has 1 N–H and O–H groups in total. The SMILES string of the molecule is O=C(Nc1ccc(N2CCN(C(=O)C3CCCC3)CC2)nc1)C1CCCCC1. The van der Waals surface area contributed by atoms with Gasteiger partial charge in [0.15, 0.2) is 0 Å². The molecule has 3 aliphatic rings. The summed E-state index contributed by atoms with van der Waals surface area (Å²) in [7, 11) is 0. The molecule has 1 aromatic heterocycles. The highest BCUT2D eigenvalue weighted by Gasteiger charge is 2.29. The Morgan fingerprint density at radius 1 is 0.857 bits per heavy atom. The summed E-state index contributed by atoms with van der Waals surface area (Å²) in [4.78, 5) is 33.8. The second-order valence-electron chi connectivity index (χ2n) is 8.52. The van der Waals surface area contributed by atoms with E-state index in [-0.39, 0.29) is 17.7 Å². The van der Waals surface area contributed by atoms with Crippen molar-refractivity contribution >= 4 is 23.3 Å². The summed E-state index contributed by atoms with van der Waals surface area (Å²) in [5.74, 6) is 1.82. The van der Waals surface area contributed by atoms with E-state index >= 15 is 0 Å². The van der Waals surface area contributed by atoms with Crippen molar-refractivity contribution in [2.75, 3.05) is 36.4 Å². The third-order valence-corrected chi connectivity index (χ3v) is 6.61. The number of amides is 2. The summed E-state index contributed by atoms with van der Waals surface area (Å²) >= 11 is 0. The van der Waals surface area contributed by atoms with Gasteiger partial charge in [-0.25, -0.2) is 4.98 Å². The Morgan fingerprint density at radius 3 is 2.14 bits per heavy atom. The van der Waals surface area contributed by atoms with Gasteiger partial charge in [-0.3, -0.25) is 9.59 Å². The number of nitrogens with one attached hydrogen (secondary N) is 1. The van der Waals surface area contributed by atoms with Gasteiger partial charge in [0.25, 0.3) is 0 Å². The van der Waals surface area contributed by atoms with E-state index in [0.29, 0.717) is 5.91 Å². The van der Waals surface area contributed by atoms with Crippen LogP contribution in [0.1, 0.15) is 57.8 Å². The summed E-state index contributed by atoms with van der Waals surface area (Å²) in [5, 5.41) is 3.02. The number of carbonyl (C=O) groups is 2. The monoisotopic (exact) mass is 384 g/mol. The molecule has 0 spiro atoms. The van der Waals surface area contributed by atoms with Gasteiger partial charge in [0.05, 0.1) is 11.9 Å². The molecule has 6 heteroatoms. The second-order valence-corrected chi connectivity index (χ2v) is 8.52. The molecule has 2 saturated carbocycles. The van der Waals surface area contributed by atoms with Gasteiger partial charge in [-0.1, -0.05) is 32.1 Å². The maximum Gasteiger partial charge on any atom is 0.227 e. The molecule has 0 radical (unpaired) electrons. The van der Waals surface area contributed by atoms with Crippen molar-refractivity contribution in [3.05, 3.63) is 18.3 Å². The van der Waals surface area contributed by atoms with Gasteiger partial charge in [0.2, 0.25) is 11.8 Å². The first-order valence-corrected chi connectivity index (χ1v) is 11.0. The average Bonchev–Trinajstić information content (AvgIpc) is 3.29. The van der Waals surface area contributed by atoms with E-state index < -0.39 is 0 Å². The third-order valence-electron chi connectivity index (χ3n) is 6.61. The number of hydrogen-bond donors (Lipinski definition) is 1. The lowest BCUT2D eigenvalue weighted by Gasteiger charge is -2.36. The molecule has 1 saturated heterocycles. The fourth-order valence-corrected chi connectivity index (χ4v) is 4.84. The Bertz CT molecular complexity index is 670. The quantitative estimate of drug-likeness (QED) is 0.864. The number of nitrogens with zero attached hydrogens (tertiary/aromatic N) is 3. The van der Waals surface area contributed by atoms with Crippen LogP contribution in [0.4, 0.5) is 11.5 Å². The minimum absolute atomic E-state index is 0.133. The Hall–Kier alpha value is -2.11. The van der Waals surface area contributed by atoms with Crippen LogP contribution in [0.3, 0.4) is 0 Å². The highest BCUT2D eigenvalue weighted by atomic mass is 16.2. The lowest BCUT2D eigenvalue weighted by atomic mass is 9.88. The smallest absolute Gasteiger partial charge is 0.227 e. The summed E-state index contributed by atoms with van der Waals surface area (Å²) in [6, 6.07) is 3.92. The zero-order valence-electron chi connectivity index (χ0n) is 16.7. The number of pyridine rings is 1. The van der Waals surface area contributed by atoms with Crippen LogP contribution in [-0.2, 0) is 9.59 Å². The number of carbonyl (C=O) groups excluding carboxylic acids is 2. The number of hydrogen-bond acceptors (Lipinski definition) is 4. The van der Waals surface area contributed by atoms with Gasteiger partial charge in [0, 0.05) is 38.0 Å². The molecule has 2 heterocycles. The number of piperazine rings is 1. The Labute approximate surface area is 167 Å². The second kappa shape index (κ2) is 8.93. The van der Waals surface area contributed by atoms with Gasteiger partial charge in [-0.2, -0.15) is 0 Å². The zero-order valence-corrected chi connectivity index (χ0v) is 16.7. The molecule has 1 aliphatic heterocycles. The van der Waals surface area contributed by atoms with E-state index in [1.54, 1.807) is 6.20 Å². The van der Waals surface area contributed by atoms with Crippen LogP contribution in [-0.4, -0.2) is 47.9 Å². The molecule has 2 aliphatic carbocycles. The summed E-state index contributed by atoms with van der Waals surface area (Å²) in [6.07, 6.45) is 11.8. The normalized spacial score (nSPS) is 21.7. The van der Waals surface area contributed by atoms with Crippen LogP contribution in [0, 0.1) is 11.8 Å². The third kappa shape index (κ3) is 4.47. The maximum absolute atomic E-state index is 12.6. The molecule has 152 valence electrons. The van der Waals surface area contributed by atoms with Crippen molar-refractivity contribution in [2.24, 2.45) is 11.8 Å². The van der Waals surface area contributed by atoms with Crippen LogP contribution in [0.15, 0.2) is 18.3 Å². The van der Waals surface area contributed by atoms with Gasteiger partial charge in [-0.15, -0.1) is 0 Å². The summed E-state index contributed by atoms with van der Waals surface area (Å²) in [5.41, 5.74) is 0.773. The molecule has 2 amide bonds. The van der Waals surface area contributed by atoms with Crippen molar-refractivity contribution in [2.45, 2.75) is 57.8 Å². The molecule has 0 unspecified atom stereocenters. The van der Waals surface area contributed by atoms with Gasteiger partial charge >= 0.3 is 0 Å². The van der Waals surface area contributed by atoms with Crippen LogP contribution in [0.25, 0.3) is 0 Å². The largest absolute Gasteiger partial charge is 0.353 e. The van der Waals surface area contributed by atoms with Gasteiger partial charge < -0.3 is 15.1 Å². The Balaban J connectivity index is 1.27. The minimum atomic E-state index is 0.133. The topological polar surface area (TPSA) is 65.5 Å². The molecule has 0 atom stereocenters. The predicted octanol–water partition coefficient (Wildman–Crippen LogP) is 3.44. The first-order chi connectivity index (χ1) is 13.7. The van der Waals surface area contributed by atoms with E-state index in [4.69, 9.17) is 0 Å². The maximum atomic E-state index is 12.6. The molecule has 28 heavy (non-hydrogen) atoms. The van der Waals surface area contributed by atoms with Crippen molar-refractivity contribution in [3.63, 3.8) is 0 Å². The van der Waals surface area contributed by atoms with E-state index in [1.807, 2.05) is 17.0 Å². The molecule has 3 fully saturated rings. The molecular formula is C22H32N4O2. The Morgan fingerprint density at radius 2 is 1.50 bits per heavy atom. The van der Waals surface area contributed by atoms with Crippen molar-refractivity contribution in [3.8, 4) is 0 Å². The molecular weight excluding hydrogens is 352 g/mol. The number of rotatable bonds is 4. The fourth-order valence-electron chi connectivity index (χ4n) is 4.84. The summed E-state index contributed by atoms with van der Waals surface area (Å²) in [6.45, 7) is 3.19. The van der Waals surface area contributed by atoms with Crippen LogP contribution < -0.4 is 10.2 Å². The predicted molar refractivity (Wildman–Crippen MR) is 110 cm³/mol. The minimum Gasteiger partial charge on any atom is -0.353 e. The highest BCUT2D eigenvalue weighted by molar-refractivity contribution is 5.92. The lowest BCUT2D eigenvalue weighted by molar-refractivity contribution is -0.135. The van der Waals surface area contributed by atoms with Crippen LogP contribution in [0.2, 0.25) is 0 Å². The number of aromatic nitrogens is 1. The Kier molecular flexibility index (Phi) is 6.13. The van der Waals surface area contributed by atoms with E-state index in [0.717, 1.165) is 76.2 Å². The molecule has 0 aromatic carbocycles. The van der Waals surface area contributed by atoms with Gasteiger partial charge in [0.1, 0.15) is 5.82 Å². The van der Waals surface area contributed by atoms with E-state index in [9.17, 15) is 9.59 Å².